The predicted molar refractivity (Wildman–Crippen MR) is 78.2 cm³/mol. The fourth-order valence-electron chi connectivity index (χ4n) is 2.48. The number of nitrogens with zero attached hydrogens (tertiary/aromatic N) is 2. The summed E-state index contributed by atoms with van der Waals surface area (Å²) < 4.78 is 5.27. The molecule has 0 atom stereocenters. The quantitative estimate of drug-likeness (QED) is 0.335. The van der Waals surface area contributed by atoms with Gasteiger partial charge in [-0.05, 0) is 38.8 Å². The summed E-state index contributed by atoms with van der Waals surface area (Å²) in [5.74, 6) is -0.379. The number of aryl methyl sites for hydroxylation is 2. The van der Waals surface area contributed by atoms with Crippen molar-refractivity contribution in [2.24, 2.45) is 16.3 Å². The highest BCUT2D eigenvalue weighted by Gasteiger charge is 2.44. The van der Waals surface area contributed by atoms with Crippen molar-refractivity contribution in [1.29, 1.82) is 0 Å². The second kappa shape index (κ2) is 6.09. The molecule has 2 heterocycles. The van der Waals surface area contributed by atoms with Crippen LogP contribution in [0.25, 0.3) is 0 Å². The molecule has 0 aromatic carbocycles. The third kappa shape index (κ3) is 2.97. The van der Waals surface area contributed by atoms with Crippen LogP contribution < -0.4 is 11.1 Å². The summed E-state index contributed by atoms with van der Waals surface area (Å²) in [5, 5.41) is 14.9. The van der Waals surface area contributed by atoms with E-state index in [4.69, 9.17) is 15.7 Å². The minimum atomic E-state index is -1.04. The highest BCUT2D eigenvalue weighted by Crippen LogP contribution is 2.32. The molecule has 114 valence electrons. The number of rotatable bonds is 3. The molecule has 7 heteroatoms. The van der Waals surface area contributed by atoms with Gasteiger partial charge in [-0.25, -0.2) is 0 Å². The molecule has 1 aliphatic rings. The van der Waals surface area contributed by atoms with Gasteiger partial charge in [0, 0.05) is 18.9 Å². The predicted octanol–water partition coefficient (Wildman–Crippen LogP) is 1.18. The number of amides is 1. The molecule has 21 heavy (non-hydrogen) atoms. The molecule has 0 unspecified atom stereocenters. The van der Waals surface area contributed by atoms with Gasteiger partial charge >= 0.3 is 0 Å². The van der Waals surface area contributed by atoms with Crippen molar-refractivity contribution in [1.82, 2.24) is 4.98 Å². The molecular formula is C14H20N4O3. The Balaban J connectivity index is 2.27. The van der Waals surface area contributed by atoms with E-state index >= 15 is 0 Å². The van der Waals surface area contributed by atoms with Crippen LogP contribution in [-0.2, 0) is 9.53 Å². The molecule has 0 aliphatic carbocycles. The Hall–Kier alpha value is -2.15. The van der Waals surface area contributed by atoms with Crippen molar-refractivity contribution >= 4 is 17.4 Å². The van der Waals surface area contributed by atoms with E-state index in [2.05, 4.69) is 15.5 Å². The first kappa shape index (κ1) is 15.2. The van der Waals surface area contributed by atoms with E-state index in [1.165, 1.54) is 0 Å². The second-order valence-electron chi connectivity index (χ2n) is 5.22. The normalized spacial score (nSPS) is 18.3. The lowest BCUT2D eigenvalue weighted by Crippen LogP contribution is -2.50. The Labute approximate surface area is 123 Å². The standard InChI is InChI=1S/C14H20N4O3/c1-9-3-4-11(10(2)16-9)17-13(19)14(12(15)18-20)5-7-21-8-6-14/h3-4,20H,5-8H2,1-2H3,(H2,15,18)(H,17,19). The zero-order valence-electron chi connectivity index (χ0n) is 12.2. The van der Waals surface area contributed by atoms with Crippen LogP contribution in [0.15, 0.2) is 17.3 Å². The summed E-state index contributed by atoms with van der Waals surface area (Å²) in [6.07, 6.45) is 0.764. The molecular weight excluding hydrogens is 272 g/mol. The van der Waals surface area contributed by atoms with Gasteiger partial charge in [0.2, 0.25) is 5.91 Å². The lowest BCUT2D eigenvalue weighted by Gasteiger charge is -2.34. The number of anilines is 1. The van der Waals surface area contributed by atoms with Crippen LogP contribution in [-0.4, -0.2) is 35.1 Å². The number of nitrogens with one attached hydrogen (secondary N) is 1. The number of ether oxygens (including phenoxy) is 1. The third-order valence-electron chi connectivity index (χ3n) is 3.85. The Kier molecular flexibility index (Phi) is 4.42. The topological polar surface area (TPSA) is 110 Å². The number of nitrogens with two attached hydrogens (primary N) is 1. The summed E-state index contributed by atoms with van der Waals surface area (Å²) in [7, 11) is 0. The molecule has 0 saturated carbocycles. The van der Waals surface area contributed by atoms with Crippen LogP contribution in [0.5, 0.6) is 0 Å². The zero-order chi connectivity index (χ0) is 15.5. The van der Waals surface area contributed by atoms with Crippen molar-refractivity contribution in [2.75, 3.05) is 18.5 Å². The van der Waals surface area contributed by atoms with Gasteiger partial charge in [0.05, 0.1) is 11.4 Å². The minimum Gasteiger partial charge on any atom is -0.409 e. The van der Waals surface area contributed by atoms with Crippen molar-refractivity contribution in [3.05, 3.63) is 23.5 Å². The third-order valence-corrected chi connectivity index (χ3v) is 3.85. The van der Waals surface area contributed by atoms with Gasteiger partial charge in [-0.2, -0.15) is 0 Å². The summed E-state index contributed by atoms with van der Waals surface area (Å²) in [4.78, 5) is 17.0. The average Bonchev–Trinajstić information content (AvgIpc) is 2.49. The van der Waals surface area contributed by atoms with Crippen LogP contribution >= 0.6 is 0 Å². The smallest absolute Gasteiger partial charge is 0.238 e. The first-order valence-electron chi connectivity index (χ1n) is 6.81. The highest BCUT2D eigenvalue weighted by molar-refractivity contribution is 6.12. The van der Waals surface area contributed by atoms with Crippen LogP contribution in [0.4, 0.5) is 5.69 Å². The molecule has 0 bridgehead atoms. The largest absolute Gasteiger partial charge is 0.409 e. The van der Waals surface area contributed by atoms with Gasteiger partial charge in [-0.15, -0.1) is 0 Å². The maximum absolute atomic E-state index is 12.7. The molecule has 0 spiro atoms. The number of pyridine rings is 1. The van der Waals surface area contributed by atoms with Crippen LogP contribution in [0.1, 0.15) is 24.2 Å². The molecule has 1 amide bonds. The van der Waals surface area contributed by atoms with E-state index in [9.17, 15) is 4.79 Å². The molecule has 4 N–H and O–H groups in total. The van der Waals surface area contributed by atoms with Crippen molar-refractivity contribution in [3.63, 3.8) is 0 Å². The number of oxime groups is 1. The maximum Gasteiger partial charge on any atom is 0.238 e. The van der Waals surface area contributed by atoms with Crippen LogP contribution in [0, 0.1) is 19.3 Å². The number of hydrogen-bond donors (Lipinski definition) is 3. The molecule has 1 fully saturated rings. The number of carbonyl (C=O) groups is 1. The number of aromatic nitrogens is 1. The zero-order valence-corrected chi connectivity index (χ0v) is 12.2. The SMILES string of the molecule is Cc1ccc(NC(=O)C2(/C(N)=N/O)CCOCC2)c(C)n1. The second-order valence-corrected chi connectivity index (χ2v) is 5.22. The molecule has 0 radical (unpaired) electrons. The van der Waals surface area contributed by atoms with Gasteiger partial charge in [-0.3, -0.25) is 9.78 Å². The molecule has 7 nitrogen and oxygen atoms in total. The lowest BCUT2D eigenvalue weighted by atomic mass is 9.78. The Morgan fingerprint density at radius 2 is 2.10 bits per heavy atom. The van der Waals surface area contributed by atoms with E-state index in [-0.39, 0.29) is 11.7 Å². The Morgan fingerprint density at radius 3 is 2.67 bits per heavy atom. The van der Waals surface area contributed by atoms with Crippen molar-refractivity contribution in [3.8, 4) is 0 Å². The highest BCUT2D eigenvalue weighted by atomic mass is 16.5. The first-order chi connectivity index (χ1) is 9.99. The average molecular weight is 292 g/mol. The fourth-order valence-corrected chi connectivity index (χ4v) is 2.48. The van der Waals surface area contributed by atoms with Gasteiger partial charge in [0.15, 0.2) is 5.84 Å². The van der Waals surface area contributed by atoms with E-state index in [1.54, 1.807) is 6.07 Å². The van der Waals surface area contributed by atoms with Crippen LogP contribution in [0.2, 0.25) is 0 Å². The Morgan fingerprint density at radius 1 is 1.43 bits per heavy atom. The summed E-state index contributed by atoms with van der Waals surface area (Å²) in [6.45, 7) is 4.50. The van der Waals surface area contributed by atoms with Gasteiger partial charge < -0.3 is 21.0 Å². The number of carbonyl (C=O) groups excluding carboxylic acids is 1. The summed E-state index contributed by atoms with van der Waals surface area (Å²) >= 11 is 0. The van der Waals surface area contributed by atoms with Gasteiger partial charge in [0.25, 0.3) is 0 Å². The minimum absolute atomic E-state index is 0.0824. The van der Waals surface area contributed by atoms with Crippen LogP contribution in [0.3, 0.4) is 0 Å². The monoisotopic (exact) mass is 292 g/mol. The number of amidine groups is 1. The molecule has 1 aromatic rings. The van der Waals surface area contributed by atoms with E-state index in [0.29, 0.717) is 31.7 Å². The lowest BCUT2D eigenvalue weighted by molar-refractivity contribution is -0.126. The van der Waals surface area contributed by atoms with E-state index in [1.807, 2.05) is 19.9 Å². The molecule has 1 saturated heterocycles. The van der Waals surface area contributed by atoms with Gasteiger partial charge in [0.1, 0.15) is 5.41 Å². The van der Waals surface area contributed by atoms with E-state index in [0.717, 1.165) is 11.4 Å². The molecule has 1 aliphatic heterocycles. The number of hydrogen-bond acceptors (Lipinski definition) is 5. The molecule has 2 rings (SSSR count). The molecule has 1 aromatic heterocycles. The van der Waals surface area contributed by atoms with Crippen molar-refractivity contribution in [2.45, 2.75) is 26.7 Å². The van der Waals surface area contributed by atoms with Gasteiger partial charge in [-0.1, -0.05) is 5.16 Å². The summed E-state index contributed by atoms with van der Waals surface area (Å²) in [6, 6.07) is 3.62. The fraction of sp³-hybridized carbons (Fsp3) is 0.500. The summed E-state index contributed by atoms with van der Waals surface area (Å²) in [5.41, 5.74) is 6.96. The first-order valence-corrected chi connectivity index (χ1v) is 6.81. The Bertz CT molecular complexity index is 565. The van der Waals surface area contributed by atoms with E-state index < -0.39 is 5.41 Å². The van der Waals surface area contributed by atoms with Crippen molar-refractivity contribution < 1.29 is 14.7 Å². The maximum atomic E-state index is 12.7.